The highest BCUT2D eigenvalue weighted by Crippen LogP contribution is 2.26. The average Bonchev–Trinajstić information content (AvgIpc) is 2.90. The number of rotatable bonds is 6. The average molecular weight is 308 g/mol. The number of carboxylic acid groups (broad SMARTS) is 1. The van der Waals surface area contributed by atoms with Gasteiger partial charge >= 0.3 is 5.97 Å². The predicted octanol–water partition coefficient (Wildman–Crippen LogP) is 3.33. The van der Waals surface area contributed by atoms with Crippen LogP contribution in [-0.4, -0.2) is 17.0 Å². The van der Waals surface area contributed by atoms with E-state index < -0.39 is 12.0 Å². The number of carbonyl (C=O) groups is 2. The Kier molecular flexibility index (Phi) is 5.39. The van der Waals surface area contributed by atoms with Crippen LogP contribution in [0, 0.1) is 5.92 Å². The molecule has 1 amide bonds. The van der Waals surface area contributed by atoms with E-state index in [2.05, 4.69) is 11.4 Å². The molecule has 0 saturated carbocycles. The largest absolute Gasteiger partial charge is 0.481 e. The quantitative estimate of drug-likeness (QED) is 0.792. The number of halogens is 1. The minimum atomic E-state index is -0.971. The van der Waals surface area contributed by atoms with Crippen LogP contribution in [0.25, 0.3) is 0 Å². The lowest BCUT2D eigenvalue weighted by Crippen LogP contribution is -2.31. The molecule has 1 aromatic rings. The lowest BCUT2D eigenvalue weighted by Gasteiger charge is -2.19. The van der Waals surface area contributed by atoms with Crippen LogP contribution in [0.2, 0.25) is 5.02 Å². The third kappa shape index (κ3) is 4.60. The maximum Gasteiger partial charge on any atom is 0.305 e. The van der Waals surface area contributed by atoms with Gasteiger partial charge in [-0.1, -0.05) is 42.0 Å². The summed E-state index contributed by atoms with van der Waals surface area (Å²) in [5.74, 6) is -0.861. The molecule has 112 valence electrons. The topological polar surface area (TPSA) is 66.4 Å². The summed E-state index contributed by atoms with van der Waals surface area (Å²) < 4.78 is 0. The number of benzene rings is 1. The van der Waals surface area contributed by atoms with E-state index in [0.29, 0.717) is 17.0 Å². The number of carbonyl (C=O) groups excluding carboxylic acids is 1. The van der Waals surface area contributed by atoms with Gasteiger partial charge in [0.15, 0.2) is 0 Å². The van der Waals surface area contributed by atoms with Crippen molar-refractivity contribution in [3.05, 3.63) is 47.0 Å². The molecule has 0 bridgehead atoms. The van der Waals surface area contributed by atoms with Crippen molar-refractivity contribution in [2.75, 3.05) is 0 Å². The molecule has 2 rings (SSSR count). The SMILES string of the molecule is O=C(O)C[C@H](NC(=O)C[C@@H]1C=CCC1)c1ccccc1Cl. The molecule has 0 unspecified atom stereocenters. The smallest absolute Gasteiger partial charge is 0.305 e. The predicted molar refractivity (Wildman–Crippen MR) is 81.1 cm³/mol. The Labute approximate surface area is 128 Å². The molecule has 0 aromatic heterocycles. The molecule has 1 aliphatic carbocycles. The number of hydrogen-bond acceptors (Lipinski definition) is 2. The van der Waals surface area contributed by atoms with E-state index in [-0.39, 0.29) is 18.2 Å². The van der Waals surface area contributed by atoms with Crippen LogP contribution in [-0.2, 0) is 9.59 Å². The van der Waals surface area contributed by atoms with E-state index in [1.807, 2.05) is 6.08 Å². The van der Waals surface area contributed by atoms with Crippen molar-refractivity contribution >= 4 is 23.5 Å². The third-order valence-corrected chi connectivity index (χ3v) is 3.90. The summed E-state index contributed by atoms with van der Waals surface area (Å²) >= 11 is 6.10. The molecule has 1 aliphatic rings. The molecule has 2 atom stereocenters. The molecule has 0 spiro atoms. The number of amides is 1. The van der Waals surface area contributed by atoms with Gasteiger partial charge in [-0.3, -0.25) is 9.59 Å². The molecule has 0 radical (unpaired) electrons. The van der Waals surface area contributed by atoms with Crippen LogP contribution >= 0.6 is 11.6 Å². The van der Waals surface area contributed by atoms with Crippen molar-refractivity contribution in [1.82, 2.24) is 5.32 Å². The summed E-state index contributed by atoms with van der Waals surface area (Å²) in [6, 6.07) is 6.38. The Morgan fingerprint density at radius 3 is 2.76 bits per heavy atom. The number of aliphatic carboxylic acids is 1. The van der Waals surface area contributed by atoms with E-state index in [9.17, 15) is 9.59 Å². The first-order chi connectivity index (χ1) is 10.1. The van der Waals surface area contributed by atoms with Gasteiger partial charge in [0.1, 0.15) is 0 Å². The van der Waals surface area contributed by atoms with Gasteiger partial charge in [0.2, 0.25) is 5.91 Å². The standard InChI is InChI=1S/C16H18ClNO3/c17-13-8-4-3-7-12(13)14(10-16(20)21)18-15(19)9-11-5-1-2-6-11/h1,3-5,7-8,11,14H,2,6,9-10H2,(H,18,19)(H,20,21)/t11-,14+/m1/s1. The van der Waals surface area contributed by atoms with Gasteiger partial charge in [-0.15, -0.1) is 0 Å². The summed E-state index contributed by atoms with van der Waals surface area (Å²) in [7, 11) is 0. The first-order valence-corrected chi connectivity index (χ1v) is 7.36. The van der Waals surface area contributed by atoms with Crippen LogP contribution < -0.4 is 5.32 Å². The first-order valence-electron chi connectivity index (χ1n) is 6.98. The molecule has 0 saturated heterocycles. The second-order valence-corrected chi connectivity index (χ2v) is 5.62. The minimum absolute atomic E-state index is 0.141. The fraction of sp³-hybridized carbons (Fsp3) is 0.375. The van der Waals surface area contributed by atoms with E-state index in [1.165, 1.54) is 0 Å². The molecule has 1 aromatic carbocycles. The Morgan fingerprint density at radius 1 is 1.38 bits per heavy atom. The zero-order chi connectivity index (χ0) is 15.2. The van der Waals surface area contributed by atoms with Crippen LogP contribution in [0.3, 0.4) is 0 Å². The molecule has 0 heterocycles. The van der Waals surface area contributed by atoms with Crippen molar-refractivity contribution < 1.29 is 14.7 Å². The molecular weight excluding hydrogens is 290 g/mol. The summed E-state index contributed by atoms with van der Waals surface area (Å²) in [5, 5.41) is 12.3. The van der Waals surface area contributed by atoms with Crippen molar-refractivity contribution in [1.29, 1.82) is 0 Å². The van der Waals surface area contributed by atoms with E-state index >= 15 is 0 Å². The van der Waals surface area contributed by atoms with Crippen LogP contribution in [0.5, 0.6) is 0 Å². The van der Waals surface area contributed by atoms with Crippen LogP contribution in [0.4, 0.5) is 0 Å². The second kappa shape index (κ2) is 7.27. The Morgan fingerprint density at radius 2 is 2.14 bits per heavy atom. The minimum Gasteiger partial charge on any atom is -0.481 e. The summed E-state index contributed by atoms with van der Waals surface area (Å²) in [6.07, 6.45) is 6.29. The number of hydrogen-bond donors (Lipinski definition) is 2. The van der Waals surface area contributed by atoms with Gasteiger partial charge in [-0.2, -0.15) is 0 Å². The van der Waals surface area contributed by atoms with Gasteiger partial charge in [0, 0.05) is 11.4 Å². The zero-order valence-corrected chi connectivity index (χ0v) is 12.3. The molecular formula is C16H18ClNO3. The normalized spacial score (nSPS) is 18.4. The molecule has 0 fully saturated rings. The maximum atomic E-state index is 12.1. The lowest BCUT2D eigenvalue weighted by molar-refractivity contribution is -0.137. The van der Waals surface area contributed by atoms with Gasteiger partial charge in [-0.25, -0.2) is 0 Å². The second-order valence-electron chi connectivity index (χ2n) is 5.21. The van der Waals surface area contributed by atoms with E-state index in [0.717, 1.165) is 12.8 Å². The van der Waals surface area contributed by atoms with Crippen LogP contribution in [0.1, 0.15) is 37.3 Å². The van der Waals surface area contributed by atoms with Gasteiger partial charge < -0.3 is 10.4 Å². The van der Waals surface area contributed by atoms with Crippen molar-refractivity contribution in [3.63, 3.8) is 0 Å². The fourth-order valence-electron chi connectivity index (χ4n) is 2.53. The Bertz CT molecular complexity index is 556. The number of carboxylic acids is 1. The van der Waals surface area contributed by atoms with Gasteiger partial charge in [-0.05, 0) is 30.4 Å². The first kappa shape index (κ1) is 15.6. The highest BCUT2D eigenvalue weighted by atomic mass is 35.5. The summed E-state index contributed by atoms with van der Waals surface area (Å²) in [6.45, 7) is 0. The van der Waals surface area contributed by atoms with Crippen molar-refractivity contribution in [2.45, 2.75) is 31.7 Å². The monoisotopic (exact) mass is 307 g/mol. The highest BCUT2D eigenvalue weighted by Gasteiger charge is 2.22. The van der Waals surface area contributed by atoms with E-state index in [1.54, 1.807) is 24.3 Å². The maximum absolute atomic E-state index is 12.1. The molecule has 21 heavy (non-hydrogen) atoms. The molecule has 5 heteroatoms. The molecule has 0 aliphatic heterocycles. The Balaban J connectivity index is 2.05. The summed E-state index contributed by atoms with van der Waals surface area (Å²) in [4.78, 5) is 23.1. The van der Waals surface area contributed by atoms with Gasteiger partial charge in [0.25, 0.3) is 0 Å². The summed E-state index contributed by atoms with van der Waals surface area (Å²) in [5.41, 5.74) is 0.636. The van der Waals surface area contributed by atoms with Crippen LogP contribution in [0.15, 0.2) is 36.4 Å². The number of nitrogens with one attached hydrogen (secondary N) is 1. The Hall–Kier alpha value is -1.81. The van der Waals surface area contributed by atoms with Gasteiger partial charge in [0.05, 0.1) is 12.5 Å². The van der Waals surface area contributed by atoms with E-state index in [4.69, 9.17) is 16.7 Å². The molecule has 2 N–H and O–H groups in total. The molecule has 4 nitrogen and oxygen atoms in total. The van der Waals surface area contributed by atoms with Crippen molar-refractivity contribution in [2.24, 2.45) is 5.92 Å². The third-order valence-electron chi connectivity index (χ3n) is 3.55. The fourth-order valence-corrected chi connectivity index (χ4v) is 2.80. The zero-order valence-electron chi connectivity index (χ0n) is 11.6. The lowest BCUT2D eigenvalue weighted by atomic mass is 10.0. The highest BCUT2D eigenvalue weighted by molar-refractivity contribution is 6.31. The van der Waals surface area contributed by atoms with Crippen molar-refractivity contribution in [3.8, 4) is 0 Å². The number of allylic oxidation sites excluding steroid dienone is 2.